The van der Waals surface area contributed by atoms with Crippen molar-refractivity contribution < 1.29 is 14.3 Å². The van der Waals surface area contributed by atoms with Crippen LogP contribution in [0.4, 0.5) is 0 Å². The van der Waals surface area contributed by atoms with Gasteiger partial charge in [0.1, 0.15) is 5.76 Å². The van der Waals surface area contributed by atoms with Gasteiger partial charge in [-0.05, 0) is 13.3 Å². The van der Waals surface area contributed by atoms with E-state index in [0.717, 1.165) is 12.8 Å². The number of rotatable bonds is 0. The van der Waals surface area contributed by atoms with Crippen molar-refractivity contribution in [3.05, 3.63) is 11.3 Å². The molecule has 0 saturated carbocycles. The molecular formula is C9H11NO3. The molecule has 2 aliphatic rings. The lowest BCUT2D eigenvalue weighted by Crippen LogP contribution is -2.19. The molecule has 13 heavy (non-hydrogen) atoms. The fourth-order valence-corrected chi connectivity index (χ4v) is 1.63. The lowest BCUT2D eigenvalue weighted by Gasteiger charge is -2.04. The van der Waals surface area contributed by atoms with Crippen LogP contribution in [0.25, 0.3) is 0 Å². The third-order valence-electron chi connectivity index (χ3n) is 2.32. The molecule has 2 heterocycles. The highest BCUT2D eigenvalue weighted by Gasteiger charge is 2.30. The summed E-state index contributed by atoms with van der Waals surface area (Å²) in [5, 5.41) is 2.24. The Labute approximate surface area is 75.9 Å². The summed E-state index contributed by atoms with van der Waals surface area (Å²) < 4.78 is 5.43. The Morgan fingerprint density at radius 2 is 2.23 bits per heavy atom. The van der Waals surface area contributed by atoms with Gasteiger partial charge in [0.25, 0.3) is 5.91 Å². The fourth-order valence-electron chi connectivity index (χ4n) is 1.63. The maximum Gasteiger partial charge on any atom is 0.257 e. The summed E-state index contributed by atoms with van der Waals surface area (Å²) in [5.41, 5.74) is 0.523. The van der Waals surface area contributed by atoms with E-state index < -0.39 is 0 Å². The monoisotopic (exact) mass is 181 g/mol. The minimum absolute atomic E-state index is 0.172. The highest BCUT2D eigenvalue weighted by molar-refractivity contribution is 6.13. The Hall–Kier alpha value is -1.32. The van der Waals surface area contributed by atoms with Gasteiger partial charge in [0.05, 0.1) is 18.1 Å². The average molecular weight is 181 g/mol. The van der Waals surface area contributed by atoms with Gasteiger partial charge in [-0.1, -0.05) is 0 Å². The molecule has 2 amide bonds. The number of amides is 2. The molecule has 2 saturated heterocycles. The molecule has 0 bridgehead atoms. The van der Waals surface area contributed by atoms with Crippen molar-refractivity contribution in [2.45, 2.75) is 32.3 Å². The largest absolute Gasteiger partial charge is 0.495 e. The molecule has 2 rings (SSSR count). The van der Waals surface area contributed by atoms with E-state index in [9.17, 15) is 9.59 Å². The zero-order chi connectivity index (χ0) is 9.42. The molecule has 1 N–H and O–H groups in total. The first kappa shape index (κ1) is 8.29. The van der Waals surface area contributed by atoms with Gasteiger partial charge in [-0.3, -0.25) is 14.9 Å². The van der Waals surface area contributed by atoms with Crippen LogP contribution < -0.4 is 5.32 Å². The van der Waals surface area contributed by atoms with Crippen LogP contribution in [0, 0.1) is 0 Å². The average Bonchev–Trinajstić information content (AvgIpc) is 2.58. The Morgan fingerprint density at radius 1 is 1.46 bits per heavy atom. The Balaban J connectivity index is 2.24. The number of allylic oxidation sites excluding steroid dienone is 1. The summed E-state index contributed by atoms with van der Waals surface area (Å²) in [5.74, 6) is 0.195. The van der Waals surface area contributed by atoms with Gasteiger partial charge in [-0.25, -0.2) is 0 Å². The number of hydrogen-bond donors (Lipinski definition) is 1. The van der Waals surface area contributed by atoms with E-state index in [-0.39, 0.29) is 24.3 Å². The van der Waals surface area contributed by atoms with Crippen LogP contribution in [0.3, 0.4) is 0 Å². The van der Waals surface area contributed by atoms with Gasteiger partial charge in [0.2, 0.25) is 5.91 Å². The number of hydrogen-bond acceptors (Lipinski definition) is 3. The normalized spacial score (nSPS) is 33.5. The molecule has 0 aromatic carbocycles. The smallest absolute Gasteiger partial charge is 0.257 e. The summed E-state index contributed by atoms with van der Waals surface area (Å²) in [4.78, 5) is 22.1. The van der Waals surface area contributed by atoms with Crippen LogP contribution in [0.2, 0.25) is 0 Å². The zero-order valence-corrected chi connectivity index (χ0v) is 7.42. The second kappa shape index (κ2) is 2.87. The lowest BCUT2D eigenvalue weighted by atomic mass is 10.1. The number of carbonyl (C=O) groups is 2. The van der Waals surface area contributed by atoms with E-state index >= 15 is 0 Å². The minimum atomic E-state index is -0.283. The summed E-state index contributed by atoms with van der Waals surface area (Å²) >= 11 is 0. The van der Waals surface area contributed by atoms with E-state index in [4.69, 9.17) is 4.74 Å². The number of nitrogens with one attached hydrogen (secondary N) is 1. The van der Waals surface area contributed by atoms with E-state index in [0.29, 0.717) is 11.3 Å². The first-order chi connectivity index (χ1) is 6.16. The highest BCUT2D eigenvalue weighted by atomic mass is 16.5. The molecule has 1 atom stereocenters. The molecule has 1 unspecified atom stereocenters. The number of imide groups is 1. The minimum Gasteiger partial charge on any atom is -0.495 e. The van der Waals surface area contributed by atoms with Crippen LogP contribution in [-0.4, -0.2) is 17.9 Å². The first-order valence-electron chi connectivity index (χ1n) is 4.39. The van der Waals surface area contributed by atoms with E-state index in [2.05, 4.69) is 5.32 Å². The van der Waals surface area contributed by atoms with Gasteiger partial charge in [-0.2, -0.15) is 0 Å². The van der Waals surface area contributed by atoms with Crippen molar-refractivity contribution in [3.8, 4) is 0 Å². The summed E-state index contributed by atoms with van der Waals surface area (Å²) in [6.07, 6.45) is 2.06. The van der Waals surface area contributed by atoms with Crippen molar-refractivity contribution >= 4 is 11.8 Å². The molecule has 0 aromatic rings. The molecule has 2 fully saturated rings. The van der Waals surface area contributed by atoms with Crippen molar-refractivity contribution in [2.24, 2.45) is 0 Å². The van der Waals surface area contributed by atoms with Crippen LogP contribution in [0.15, 0.2) is 11.3 Å². The molecule has 0 aromatic heterocycles. The van der Waals surface area contributed by atoms with E-state index in [1.165, 1.54) is 0 Å². The molecule has 4 nitrogen and oxygen atoms in total. The summed E-state index contributed by atoms with van der Waals surface area (Å²) in [6, 6.07) is 0. The van der Waals surface area contributed by atoms with Gasteiger partial charge in [0, 0.05) is 6.42 Å². The Bertz CT molecular complexity index is 306. The molecule has 4 heteroatoms. The summed E-state index contributed by atoms with van der Waals surface area (Å²) in [7, 11) is 0. The molecular weight excluding hydrogens is 170 g/mol. The SMILES string of the molecule is CC1CC/C(=C2/CC(=O)NC2=O)O1. The maximum atomic E-state index is 11.2. The van der Waals surface area contributed by atoms with E-state index in [1.807, 2.05) is 6.92 Å². The van der Waals surface area contributed by atoms with Crippen molar-refractivity contribution in [3.63, 3.8) is 0 Å². The van der Waals surface area contributed by atoms with E-state index in [1.54, 1.807) is 0 Å². The second-order valence-electron chi connectivity index (χ2n) is 3.42. The number of carbonyl (C=O) groups excluding carboxylic acids is 2. The molecule has 0 radical (unpaired) electrons. The third kappa shape index (κ3) is 1.43. The van der Waals surface area contributed by atoms with Gasteiger partial charge >= 0.3 is 0 Å². The number of ether oxygens (including phenoxy) is 1. The second-order valence-corrected chi connectivity index (χ2v) is 3.42. The molecule has 0 aliphatic carbocycles. The zero-order valence-electron chi connectivity index (χ0n) is 7.42. The third-order valence-corrected chi connectivity index (χ3v) is 2.32. The molecule has 2 aliphatic heterocycles. The van der Waals surface area contributed by atoms with Crippen LogP contribution in [0.5, 0.6) is 0 Å². The fraction of sp³-hybridized carbons (Fsp3) is 0.556. The molecule has 70 valence electrons. The van der Waals surface area contributed by atoms with Crippen LogP contribution >= 0.6 is 0 Å². The highest BCUT2D eigenvalue weighted by Crippen LogP contribution is 2.28. The Morgan fingerprint density at radius 3 is 2.69 bits per heavy atom. The quantitative estimate of drug-likeness (QED) is 0.437. The van der Waals surface area contributed by atoms with Crippen LogP contribution in [-0.2, 0) is 14.3 Å². The van der Waals surface area contributed by atoms with Gasteiger partial charge in [-0.15, -0.1) is 0 Å². The summed E-state index contributed by atoms with van der Waals surface area (Å²) in [6.45, 7) is 1.96. The lowest BCUT2D eigenvalue weighted by molar-refractivity contribution is -0.124. The van der Waals surface area contributed by atoms with Crippen molar-refractivity contribution in [2.75, 3.05) is 0 Å². The van der Waals surface area contributed by atoms with Crippen molar-refractivity contribution in [1.82, 2.24) is 5.32 Å². The predicted octanol–water partition coefficient (Wildman–Crippen LogP) is 0.486. The maximum absolute atomic E-state index is 11.2. The topological polar surface area (TPSA) is 55.4 Å². The van der Waals surface area contributed by atoms with Gasteiger partial charge < -0.3 is 4.74 Å². The standard InChI is InChI=1S/C9H11NO3/c1-5-2-3-7(13-5)6-4-8(11)10-9(6)12/h5H,2-4H2,1H3,(H,10,11,12)/b7-6+. The predicted molar refractivity (Wildman–Crippen MR) is 44.6 cm³/mol. The Kier molecular flexibility index (Phi) is 1.83. The first-order valence-corrected chi connectivity index (χ1v) is 4.39. The van der Waals surface area contributed by atoms with Crippen LogP contribution in [0.1, 0.15) is 26.2 Å². The van der Waals surface area contributed by atoms with Gasteiger partial charge in [0.15, 0.2) is 0 Å². The van der Waals surface area contributed by atoms with Crippen molar-refractivity contribution in [1.29, 1.82) is 0 Å². The molecule has 0 spiro atoms.